The molecule has 2 aromatic rings. The van der Waals surface area contributed by atoms with Crippen molar-refractivity contribution in [1.82, 2.24) is 20.2 Å². The van der Waals surface area contributed by atoms with Crippen LogP contribution in [0.2, 0.25) is 0 Å². The van der Waals surface area contributed by atoms with Crippen LogP contribution in [0.4, 0.5) is 5.69 Å². The summed E-state index contributed by atoms with van der Waals surface area (Å²) in [5.74, 6) is 1.20. The van der Waals surface area contributed by atoms with Crippen LogP contribution in [0.5, 0.6) is 0 Å². The molecular weight excluding hydrogens is 242 g/mol. The summed E-state index contributed by atoms with van der Waals surface area (Å²) < 4.78 is 7.32. The third-order valence-electron chi connectivity index (χ3n) is 3.42. The molecule has 0 amide bonds. The van der Waals surface area contributed by atoms with Crippen LogP contribution in [0.3, 0.4) is 0 Å². The quantitative estimate of drug-likeness (QED) is 0.842. The van der Waals surface area contributed by atoms with Crippen molar-refractivity contribution in [2.24, 2.45) is 5.92 Å². The number of tetrazole rings is 1. The molecule has 6 nitrogen and oxygen atoms in total. The Balaban J connectivity index is 1.84. The smallest absolute Gasteiger partial charge is 0.184 e. The van der Waals surface area contributed by atoms with E-state index in [1.165, 1.54) is 0 Å². The number of hydrogen-bond acceptors (Lipinski definition) is 5. The van der Waals surface area contributed by atoms with Crippen molar-refractivity contribution in [3.8, 4) is 11.4 Å². The maximum Gasteiger partial charge on any atom is 0.184 e. The first-order chi connectivity index (χ1) is 9.34. The van der Waals surface area contributed by atoms with Crippen LogP contribution in [-0.4, -0.2) is 33.4 Å². The number of nitrogen functional groups attached to an aromatic ring is 1. The third kappa shape index (κ3) is 2.58. The van der Waals surface area contributed by atoms with Crippen LogP contribution in [0.1, 0.15) is 12.8 Å². The van der Waals surface area contributed by atoms with Crippen molar-refractivity contribution in [2.75, 3.05) is 18.9 Å². The lowest BCUT2D eigenvalue weighted by molar-refractivity contribution is 0.0470. The van der Waals surface area contributed by atoms with E-state index in [1.807, 2.05) is 28.9 Å². The van der Waals surface area contributed by atoms with Gasteiger partial charge in [0.15, 0.2) is 5.82 Å². The second-order valence-corrected chi connectivity index (χ2v) is 4.86. The Kier molecular flexibility index (Phi) is 3.41. The molecule has 1 fully saturated rings. The molecule has 0 radical (unpaired) electrons. The van der Waals surface area contributed by atoms with Gasteiger partial charge in [-0.25, -0.2) is 4.68 Å². The highest BCUT2D eigenvalue weighted by Crippen LogP contribution is 2.24. The maximum atomic E-state index is 5.98. The van der Waals surface area contributed by atoms with E-state index in [4.69, 9.17) is 10.5 Å². The van der Waals surface area contributed by atoms with Crippen molar-refractivity contribution in [1.29, 1.82) is 0 Å². The largest absolute Gasteiger partial charge is 0.398 e. The average Bonchev–Trinajstić information content (AvgIpc) is 2.88. The standard InChI is InChI=1S/C13H17N5O/c14-12-6-2-1-5-11(12)13-15-16-17-18(13)8-10-4-3-7-19-9-10/h1-2,5-6,10H,3-4,7-9,14H2. The molecule has 100 valence electrons. The number of anilines is 1. The number of ether oxygens (including phenoxy) is 1. The highest BCUT2D eigenvalue weighted by atomic mass is 16.5. The molecule has 1 atom stereocenters. The van der Waals surface area contributed by atoms with E-state index in [9.17, 15) is 0 Å². The molecule has 1 unspecified atom stereocenters. The van der Waals surface area contributed by atoms with E-state index in [0.717, 1.165) is 44.0 Å². The van der Waals surface area contributed by atoms with Crippen LogP contribution >= 0.6 is 0 Å². The fraction of sp³-hybridized carbons (Fsp3) is 0.462. The first-order valence-corrected chi connectivity index (χ1v) is 6.53. The van der Waals surface area contributed by atoms with Gasteiger partial charge in [0.25, 0.3) is 0 Å². The molecular formula is C13H17N5O. The molecule has 0 aliphatic carbocycles. The Morgan fingerprint density at radius 1 is 1.37 bits per heavy atom. The Hall–Kier alpha value is -1.95. The first-order valence-electron chi connectivity index (χ1n) is 6.53. The maximum absolute atomic E-state index is 5.98. The highest BCUT2D eigenvalue weighted by molar-refractivity contribution is 5.70. The molecule has 2 heterocycles. The van der Waals surface area contributed by atoms with E-state index >= 15 is 0 Å². The lowest BCUT2D eigenvalue weighted by Gasteiger charge is -2.22. The van der Waals surface area contributed by atoms with E-state index in [0.29, 0.717) is 11.6 Å². The molecule has 1 aliphatic rings. The van der Waals surface area contributed by atoms with Crippen molar-refractivity contribution in [2.45, 2.75) is 19.4 Å². The predicted molar refractivity (Wildman–Crippen MR) is 71.2 cm³/mol. The van der Waals surface area contributed by atoms with Crippen molar-refractivity contribution >= 4 is 5.69 Å². The zero-order valence-corrected chi connectivity index (χ0v) is 10.7. The second-order valence-electron chi connectivity index (χ2n) is 4.86. The predicted octanol–water partition coefficient (Wildman–Crippen LogP) is 1.35. The zero-order chi connectivity index (χ0) is 13.1. The number of para-hydroxylation sites is 1. The Morgan fingerprint density at radius 3 is 3.05 bits per heavy atom. The Labute approximate surface area is 111 Å². The molecule has 19 heavy (non-hydrogen) atoms. The summed E-state index contributed by atoms with van der Waals surface area (Å²) in [5.41, 5.74) is 7.55. The summed E-state index contributed by atoms with van der Waals surface area (Å²) >= 11 is 0. The van der Waals surface area contributed by atoms with Gasteiger partial charge in [0.05, 0.1) is 13.2 Å². The summed E-state index contributed by atoms with van der Waals surface area (Å²) in [6.07, 6.45) is 2.26. The lowest BCUT2D eigenvalue weighted by atomic mass is 10.0. The van der Waals surface area contributed by atoms with Crippen molar-refractivity contribution in [3.05, 3.63) is 24.3 Å². The van der Waals surface area contributed by atoms with E-state index < -0.39 is 0 Å². The van der Waals surface area contributed by atoms with E-state index in [1.54, 1.807) is 0 Å². The number of rotatable bonds is 3. The van der Waals surface area contributed by atoms with Gasteiger partial charge in [-0.15, -0.1) is 5.10 Å². The van der Waals surface area contributed by atoms with Crippen LogP contribution in [0.15, 0.2) is 24.3 Å². The Morgan fingerprint density at radius 2 is 2.26 bits per heavy atom. The molecule has 1 saturated heterocycles. The summed E-state index contributed by atoms with van der Waals surface area (Å²) in [7, 11) is 0. The second kappa shape index (κ2) is 5.36. The van der Waals surface area contributed by atoms with E-state index in [-0.39, 0.29) is 0 Å². The third-order valence-corrected chi connectivity index (χ3v) is 3.42. The highest BCUT2D eigenvalue weighted by Gasteiger charge is 2.18. The van der Waals surface area contributed by atoms with Gasteiger partial charge < -0.3 is 10.5 Å². The molecule has 0 bridgehead atoms. The van der Waals surface area contributed by atoms with Crippen LogP contribution in [0, 0.1) is 5.92 Å². The van der Waals surface area contributed by atoms with Gasteiger partial charge in [0.1, 0.15) is 0 Å². The SMILES string of the molecule is Nc1ccccc1-c1nnnn1CC1CCCOC1. The number of aromatic nitrogens is 4. The van der Waals surface area contributed by atoms with Crippen LogP contribution in [-0.2, 0) is 11.3 Å². The lowest BCUT2D eigenvalue weighted by Crippen LogP contribution is -2.23. The summed E-state index contributed by atoms with van der Waals surface area (Å²) in [6.45, 7) is 2.42. The average molecular weight is 259 g/mol. The zero-order valence-electron chi connectivity index (χ0n) is 10.7. The van der Waals surface area contributed by atoms with Gasteiger partial charge in [0, 0.05) is 23.8 Å². The molecule has 1 aromatic carbocycles. The minimum Gasteiger partial charge on any atom is -0.398 e. The molecule has 2 N–H and O–H groups in total. The minimum atomic E-state index is 0.473. The van der Waals surface area contributed by atoms with Gasteiger partial charge in [-0.2, -0.15) is 0 Å². The van der Waals surface area contributed by atoms with Gasteiger partial charge >= 0.3 is 0 Å². The van der Waals surface area contributed by atoms with E-state index in [2.05, 4.69) is 15.5 Å². The normalized spacial score (nSPS) is 19.5. The molecule has 3 rings (SSSR count). The molecule has 1 aliphatic heterocycles. The number of benzene rings is 1. The Bertz CT molecular complexity index is 547. The van der Waals surface area contributed by atoms with Crippen LogP contribution in [0.25, 0.3) is 11.4 Å². The first kappa shape index (κ1) is 12.1. The number of hydrogen-bond donors (Lipinski definition) is 1. The number of nitrogens with zero attached hydrogens (tertiary/aromatic N) is 4. The van der Waals surface area contributed by atoms with Crippen molar-refractivity contribution < 1.29 is 4.74 Å². The number of nitrogens with two attached hydrogens (primary N) is 1. The van der Waals surface area contributed by atoms with Gasteiger partial charge in [-0.3, -0.25) is 0 Å². The molecule has 0 spiro atoms. The monoisotopic (exact) mass is 259 g/mol. The van der Waals surface area contributed by atoms with Gasteiger partial charge in [0.2, 0.25) is 0 Å². The van der Waals surface area contributed by atoms with Crippen molar-refractivity contribution in [3.63, 3.8) is 0 Å². The fourth-order valence-electron chi connectivity index (χ4n) is 2.42. The molecule has 1 aromatic heterocycles. The van der Waals surface area contributed by atoms with Gasteiger partial charge in [-0.05, 0) is 35.4 Å². The summed E-state index contributed by atoms with van der Waals surface area (Å²) in [5, 5.41) is 11.9. The molecule has 0 saturated carbocycles. The fourth-order valence-corrected chi connectivity index (χ4v) is 2.42. The summed E-state index contributed by atoms with van der Waals surface area (Å²) in [4.78, 5) is 0. The topological polar surface area (TPSA) is 78.9 Å². The summed E-state index contributed by atoms with van der Waals surface area (Å²) in [6, 6.07) is 7.64. The minimum absolute atomic E-state index is 0.473. The molecule has 6 heteroatoms. The van der Waals surface area contributed by atoms with Gasteiger partial charge in [-0.1, -0.05) is 12.1 Å². The van der Waals surface area contributed by atoms with Crippen LogP contribution < -0.4 is 5.73 Å².